The van der Waals surface area contributed by atoms with Crippen LogP contribution in [-0.2, 0) is 22.1 Å². The Hall–Kier alpha value is -3.03. The van der Waals surface area contributed by atoms with Gasteiger partial charge < -0.3 is 15.0 Å². The molecule has 2 aromatic carbocycles. The first-order valence-electron chi connectivity index (χ1n) is 8.15. The number of halogens is 3. The fourth-order valence-corrected chi connectivity index (χ4v) is 2.84. The second-order valence-corrected chi connectivity index (χ2v) is 6.37. The number of hydrogen-bond acceptors (Lipinski definition) is 4. The number of rotatable bonds is 3. The largest absolute Gasteiger partial charge is 0.448 e. The lowest BCUT2D eigenvalue weighted by Crippen LogP contribution is -2.38. The quantitative estimate of drug-likeness (QED) is 0.831. The fourth-order valence-electron chi connectivity index (χ4n) is 2.84. The zero-order valence-electron chi connectivity index (χ0n) is 14.6. The van der Waals surface area contributed by atoms with Gasteiger partial charge in [0.15, 0.2) is 6.10 Å². The third-order valence-electron chi connectivity index (χ3n) is 4.27. The minimum atomic E-state index is -4.65. The van der Waals surface area contributed by atoms with E-state index in [0.717, 1.165) is 6.07 Å². The summed E-state index contributed by atoms with van der Waals surface area (Å²) in [5.74, 6) is -1.48. The normalized spacial score (nSPS) is 16.3. The van der Waals surface area contributed by atoms with E-state index in [1.807, 2.05) is 0 Å². The van der Waals surface area contributed by atoms with Crippen molar-refractivity contribution in [2.24, 2.45) is 0 Å². The Labute approximate surface area is 153 Å². The molecular weight excluding hydrogens is 361 g/mol. The molecule has 3 rings (SSSR count). The minimum absolute atomic E-state index is 0.102. The van der Waals surface area contributed by atoms with Crippen molar-refractivity contribution in [3.8, 4) is 0 Å². The summed E-state index contributed by atoms with van der Waals surface area (Å²) in [5, 5.41) is 2.25. The van der Waals surface area contributed by atoms with Crippen LogP contribution >= 0.6 is 0 Å². The van der Waals surface area contributed by atoms with Gasteiger partial charge >= 0.3 is 12.1 Å². The highest BCUT2D eigenvalue weighted by Crippen LogP contribution is 2.37. The second kappa shape index (κ2) is 6.94. The molecule has 0 saturated heterocycles. The van der Waals surface area contributed by atoms with Crippen molar-refractivity contribution in [1.29, 1.82) is 0 Å². The molecule has 5 nitrogen and oxygen atoms in total. The smallest absolute Gasteiger partial charge is 0.418 e. The minimum Gasteiger partial charge on any atom is -0.448 e. The molecule has 8 heteroatoms. The van der Waals surface area contributed by atoms with Crippen molar-refractivity contribution in [3.63, 3.8) is 0 Å². The first-order valence-corrected chi connectivity index (χ1v) is 8.15. The monoisotopic (exact) mass is 378 g/mol. The van der Waals surface area contributed by atoms with Crippen LogP contribution in [0.4, 0.5) is 24.5 Å². The number of nitrogens with zero attached hydrogens (tertiary/aromatic N) is 1. The van der Waals surface area contributed by atoms with E-state index in [0.29, 0.717) is 16.8 Å². The van der Waals surface area contributed by atoms with Gasteiger partial charge in [0.25, 0.3) is 5.91 Å². The second-order valence-electron chi connectivity index (χ2n) is 6.37. The van der Waals surface area contributed by atoms with E-state index in [4.69, 9.17) is 4.74 Å². The summed E-state index contributed by atoms with van der Waals surface area (Å²) in [4.78, 5) is 26.0. The maximum absolute atomic E-state index is 13.4. The van der Waals surface area contributed by atoms with Crippen LogP contribution in [0.25, 0.3) is 0 Å². The lowest BCUT2D eigenvalue weighted by atomic mass is 9.98. The van der Waals surface area contributed by atoms with Crippen LogP contribution < -0.4 is 10.2 Å². The number of hydrogen-bond donors (Lipinski definition) is 1. The van der Waals surface area contributed by atoms with Crippen molar-refractivity contribution in [1.82, 2.24) is 0 Å². The predicted molar refractivity (Wildman–Crippen MR) is 93.8 cm³/mol. The molecule has 142 valence electrons. The molecule has 27 heavy (non-hydrogen) atoms. The Balaban J connectivity index is 1.85. The number of fused-ring (bicyclic) bond motifs is 1. The summed E-state index contributed by atoms with van der Waals surface area (Å²) >= 11 is 0. The summed E-state index contributed by atoms with van der Waals surface area (Å²) in [5.41, 5.74) is -0.0308. The Kier molecular flexibility index (Phi) is 4.82. The number of nitrogens with one attached hydrogen (secondary N) is 1. The molecule has 0 fully saturated rings. The molecule has 1 aliphatic rings. The van der Waals surface area contributed by atoms with Crippen LogP contribution in [-0.4, -0.2) is 32.1 Å². The Morgan fingerprint density at radius 2 is 1.89 bits per heavy atom. The van der Waals surface area contributed by atoms with Crippen molar-refractivity contribution in [3.05, 3.63) is 59.2 Å². The Morgan fingerprint density at radius 1 is 1.19 bits per heavy atom. The highest BCUT2D eigenvalue weighted by Gasteiger charge is 2.36. The molecule has 1 amide bonds. The van der Waals surface area contributed by atoms with Crippen molar-refractivity contribution in [2.75, 3.05) is 24.3 Å². The van der Waals surface area contributed by atoms with Crippen molar-refractivity contribution >= 4 is 23.3 Å². The van der Waals surface area contributed by atoms with E-state index in [1.54, 1.807) is 38.4 Å². The number of amides is 1. The van der Waals surface area contributed by atoms with Crippen LogP contribution in [0.1, 0.15) is 21.5 Å². The molecular formula is C19H17F3N2O3. The third kappa shape index (κ3) is 3.89. The number of benzene rings is 2. The van der Waals surface area contributed by atoms with Gasteiger partial charge in [0.2, 0.25) is 0 Å². The number of ether oxygens (including phenoxy) is 1. The molecule has 0 spiro atoms. The van der Waals surface area contributed by atoms with Crippen molar-refractivity contribution in [2.45, 2.75) is 18.7 Å². The summed E-state index contributed by atoms with van der Waals surface area (Å²) < 4.78 is 45.3. The van der Waals surface area contributed by atoms with Gasteiger partial charge in [0, 0.05) is 26.2 Å². The number of esters is 1. The van der Waals surface area contributed by atoms with Crippen LogP contribution in [0.15, 0.2) is 42.5 Å². The number of carbonyl (C=O) groups excluding carboxylic acids is 2. The van der Waals surface area contributed by atoms with Gasteiger partial charge in [-0.1, -0.05) is 18.2 Å². The first kappa shape index (κ1) is 18.8. The van der Waals surface area contributed by atoms with E-state index in [9.17, 15) is 22.8 Å². The highest BCUT2D eigenvalue weighted by molar-refractivity contribution is 6.00. The fraction of sp³-hybridized carbons (Fsp3) is 0.263. The number of carbonyl (C=O) groups is 2. The van der Waals surface area contributed by atoms with Gasteiger partial charge in [0.1, 0.15) is 0 Å². The molecule has 2 aromatic rings. The van der Waals surface area contributed by atoms with Crippen LogP contribution in [0.2, 0.25) is 0 Å². The molecule has 0 aromatic heterocycles. The lowest BCUT2D eigenvalue weighted by molar-refractivity contribution is -0.137. The molecule has 1 heterocycles. The van der Waals surface area contributed by atoms with Gasteiger partial charge in [-0.05, 0) is 29.8 Å². The predicted octanol–water partition coefficient (Wildman–Crippen LogP) is 3.49. The molecule has 1 N–H and O–H groups in total. The zero-order chi connectivity index (χ0) is 19.8. The van der Waals surface area contributed by atoms with Crippen LogP contribution in [0, 0.1) is 0 Å². The summed E-state index contributed by atoms with van der Waals surface area (Å²) in [6, 6.07) is 10.3. The number of cyclic esters (lactones) is 1. The van der Waals surface area contributed by atoms with E-state index in [2.05, 4.69) is 5.32 Å². The van der Waals surface area contributed by atoms with Crippen molar-refractivity contribution < 1.29 is 27.5 Å². The zero-order valence-corrected chi connectivity index (χ0v) is 14.6. The molecule has 1 atom stereocenters. The summed E-state index contributed by atoms with van der Waals surface area (Å²) in [7, 11) is 3.24. The highest BCUT2D eigenvalue weighted by atomic mass is 19.4. The van der Waals surface area contributed by atoms with E-state index in [1.165, 1.54) is 17.0 Å². The van der Waals surface area contributed by atoms with Gasteiger partial charge in [0.05, 0.1) is 16.8 Å². The summed E-state index contributed by atoms with van der Waals surface area (Å²) in [6.07, 6.45) is -5.74. The third-order valence-corrected chi connectivity index (χ3v) is 4.27. The average molecular weight is 378 g/mol. The maximum atomic E-state index is 13.4. The molecule has 0 unspecified atom stereocenters. The average Bonchev–Trinajstić information content (AvgIpc) is 2.60. The topological polar surface area (TPSA) is 58.6 Å². The Bertz CT molecular complexity index is 894. The SMILES string of the molecule is CN(C)c1ccc(NC(=O)[C@@H]2Cc3ccccc3C(=O)O2)c(C(F)(F)F)c1. The Morgan fingerprint density at radius 3 is 2.56 bits per heavy atom. The van der Waals surface area contributed by atoms with Crippen LogP contribution in [0.5, 0.6) is 0 Å². The van der Waals surface area contributed by atoms with Gasteiger partial charge in [-0.2, -0.15) is 13.2 Å². The molecule has 0 aliphatic carbocycles. The maximum Gasteiger partial charge on any atom is 0.418 e. The van der Waals surface area contributed by atoms with E-state index in [-0.39, 0.29) is 12.1 Å². The molecule has 1 aliphatic heterocycles. The molecule has 0 bridgehead atoms. The standard InChI is InChI=1S/C19H17F3N2O3/c1-24(2)12-7-8-15(14(10-12)19(20,21)22)23-17(25)16-9-11-5-3-4-6-13(11)18(26)27-16/h3-8,10,16H,9H2,1-2H3,(H,23,25)/t16-/m0/s1. The van der Waals surface area contributed by atoms with Gasteiger partial charge in [-0.25, -0.2) is 4.79 Å². The molecule has 0 radical (unpaired) electrons. The lowest BCUT2D eigenvalue weighted by Gasteiger charge is -2.25. The van der Waals surface area contributed by atoms with Gasteiger partial charge in [-0.3, -0.25) is 4.79 Å². The van der Waals surface area contributed by atoms with Gasteiger partial charge in [-0.15, -0.1) is 0 Å². The first-order chi connectivity index (χ1) is 12.7. The number of alkyl halides is 3. The number of anilines is 2. The summed E-state index contributed by atoms with van der Waals surface area (Å²) in [6.45, 7) is 0. The van der Waals surface area contributed by atoms with E-state index >= 15 is 0 Å². The van der Waals surface area contributed by atoms with Crippen LogP contribution in [0.3, 0.4) is 0 Å². The van der Waals surface area contributed by atoms with E-state index < -0.39 is 29.7 Å². The molecule has 0 saturated carbocycles.